The molecule has 3 aromatic heterocycles. The lowest BCUT2D eigenvalue weighted by Gasteiger charge is -2.08. The summed E-state index contributed by atoms with van der Waals surface area (Å²) in [6.07, 6.45) is 2.92. The van der Waals surface area contributed by atoms with Crippen LogP contribution in [0.15, 0.2) is 54.9 Å². The normalized spacial score (nSPS) is 10.1. The number of nitrogens with one attached hydrogen (secondary N) is 2. The molecular formula is C19H17N5O4. The predicted octanol–water partition coefficient (Wildman–Crippen LogP) is 2.39. The Hall–Kier alpha value is -4.01. The van der Waals surface area contributed by atoms with Crippen molar-refractivity contribution in [1.29, 1.82) is 0 Å². The fraction of sp³-hybridized carbons (Fsp3) is 0.105. The molecule has 0 fully saturated rings. The Balaban J connectivity index is 1.69. The number of pyridine rings is 3. The molecule has 0 aliphatic carbocycles. The summed E-state index contributed by atoms with van der Waals surface area (Å²) in [6, 6.07) is 11.1. The third kappa shape index (κ3) is 4.58. The van der Waals surface area contributed by atoms with E-state index in [1.165, 1.54) is 38.7 Å². The molecule has 0 atom stereocenters. The quantitative estimate of drug-likeness (QED) is 0.675. The summed E-state index contributed by atoms with van der Waals surface area (Å²) in [5.41, 5.74) is 1.14. The van der Waals surface area contributed by atoms with E-state index in [0.717, 1.165) is 0 Å². The highest BCUT2D eigenvalue weighted by Gasteiger charge is 2.13. The van der Waals surface area contributed by atoms with Gasteiger partial charge in [0.25, 0.3) is 11.8 Å². The second-order valence-corrected chi connectivity index (χ2v) is 5.49. The number of amides is 2. The number of ether oxygens (including phenoxy) is 2. The molecular weight excluding hydrogens is 362 g/mol. The SMILES string of the molecule is COc1ccc(NC(=O)c2cccc(C(=O)Nc3ccc(OC)nc3)n2)cn1. The van der Waals surface area contributed by atoms with Crippen LogP contribution in [0.1, 0.15) is 21.0 Å². The van der Waals surface area contributed by atoms with Crippen LogP contribution < -0.4 is 20.1 Å². The van der Waals surface area contributed by atoms with Crippen LogP contribution in [0, 0.1) is 0 Å². The molecule has 0 aliphatic heterocycles. The minimum absolute atomic E-state index is 0.0938. The molecule has 0 spiro atoms. The molecule has 0 aromatic carbocycles. The van der Waals surface area contributed by atoms with Crippen molar-refractivity contribution in [3.8, 4) is 11.8 Å². The van der Waals surface area contributed by atoms with E-state index in [2.05, 4.69) is 25.6 Å². The summed E-state index contributed by atoms with van der Waals surface area (Å²) in [5.74, 6) is -0.0638. The largest absolute Gasteiger partial charge is 0.481 e. The van der Waals surface area contributed by atoms with Gasteiger partial charge in [0.05, 0.1) is 38.0 Å². The Morgan fingerprint density at radius 2 is 1.21 bits per heavy atom. The Kier molecular flexibility index (Phi) is 5.75. The van der Waals surface area contributed by atoms with Crippen molar-refractivity contribution in [2.75, 3.05) is 24.9 Å². The van der Waals surface area contributed by atoms with Crippen molar-refractivity contribution in [3.63, 3.8) is 0 Å². The van der Waals surface area contributed by atoms with E-state index in [1.807, 2.05) is 0 Å². The van der Waals surface area contributed by atoms with Gasteiger partial charge in [0.1, 0.15) is 11.4 Å². The van der Waals surface area contributed by atoms with E-state index in [0.29, 0.717) is 23.1 Å². The molecule has 2 N–H and O–H groups in total. The van der Waals surface area contributed by atoms with E-state index in [-0.39, 0.29) is 11.4 Å². The monoisotopic (exact) mass is 379 g/mol. The van der Waals surface area contributed by atoms with Crippen molar-refractivity contribution in [2.24, 2.45) is 0 Å². The fourth-order valence-electron chi connectivity index (χ4n) is 2.23. The molecule has 3 aromatic rings. The lowest BCUT2D eigenvalue weighted by atomic mass is 10.2. The minimum Gasteiger partial charge on any atom is -0.481 e. The molecule has 2 amide bonds. The van der Waals surface area contributed by atoms with E-state index in [1.54, 1.807) is 30.3 Å². The van der Waals surface area contributed by atoms with E-state index in [9.17, 15) is 9.59 Å². The van der Waals surface area contributed by atoms with Gasteiger partial charge in [0.15, 0.2) is 0 Å². The molecule has 28 heavy (non-hydrogen) atoms. The summed E-state index contributed by atoms with van der Waals surface area (Å²) in [5, 5.41) is 5.33. The van der Waals surface area contributed by atoms with Crippen molar-refractivity contribution < 1.29 is 19.1 Å². The first-order chi connectivity index (χ1) is 13.6. The van der Waals surface area contributed by atoms with Gasteiger partial charge in [-0.3, -0.25) is 9.59 Å². The zero-order chi connectivity index (χ0) is 19.9. The number of hydrogen-bond donors (Lipinski definition) is 2. The fourth-order valence-corrected chi connectivity index (χ4v) is 2.23. The maximum Gasteiger partial charge on any atom is 0.274 e. The Morgan fingerprint density at radius 3 is 1.57 bits per heavy atom. The molecule has 0 saturated heterocycles. The van der Waals surface area contributed by atoms with Crippen LogP contribution in [0.5, 0.6) is 11.8 Å². The van der Waals surface area contributed by atoms with Crippen molar-refractivity contribution >= 4 is 23.2 Å². The van der Waals surface area contributed by atoms with E-state index in [4.69, 9.17) is 9.47 Å². The first-order valence-corrected chi connectivity index (χ1v) is 8.19. The zero-order valence-corrected chi connectivity index (χ0v) is 15.2. The number of carbonyl (C=O) groups is 2. The van der Waals surface area contributed by atoms with Crippen molar-refractivity contribution in [2.45, 2.75) is 0 Å². The standard InChI is InChI=1S/C19H17N5O4/c1-27-16-8-6-12(10-20-16)22-18(25)14-4-3-5-15(24-14)19(26)23-13-7-9-17(28-2)21-11-13/h3-11H,1-2H3,(H,22,25)(H,23,26). The van der Waals surface area contributed by atoms with Crippen LogP contribution in [0.2, 0.25) is 0 Å². The summed E-state index contributed by atoms with van der Waals surface area (Å²) < 4.78 is 9.94. The van der Waals surface area contributed by atoms with Crippen LogP contribution in [-0.4, -0.2) is 41.0 Å². The zero-order valence-electron chi connectivity index (χ0n) is 15.2. The van der Waals surface area contributed by atoms with Gasteiger partial charge in [-0.1, -0.05) is 6.07 Å². The molecule has 9 nitrogen and oxygen atoms in total. The molecule has 0 saturated carbocycles. The van der Waals surface area contributed by atoms with Crippen molar-refractivity contribution in [1.82, 2.24) is 15.0 Å². The van der Waals surface area contributed by atoms with Gasteiger partial charge in [-0.25, -0.2) is 15.0 Å². The van der Waals surface area contributed by atoms with Crippen LogP contribution in [0.25, 0.3) is 0 Å². The summed E-state index contributed by atoms with van der Waals surface area (Å²) in [4.78, 5) is 36.9. The number of carbonyl (C=O) groups excluding carboxylic acids is 2. The Labute approximate surface area is 160 Å². The number of nitrogens with zero attached hydrogens (tertiary/aromatic N) is 3. The van der Waals surface area contributed by atoms with Crippen molar-refractivity contribution in [3.05, 3.63) is 66.2 Å². The molecule has 0 radical (unpaired) electrons. The van der Waals surface area contributed by atoms with Gasteiger partial charge in [0, 0.05) is 12.1 Å². The molecule has 3 heterocycles. The minimum atomic E-state index is -0.465. The molecule has 0 unspecified atom stereocenters. The van der Waals surface area contributed by atoms with Gasteiger partial charge in [0.2, 0.25) is 11.8 Å². The highest BCUT2D eigenvalue weighted by molar-refractivity contribution is 6.06. The van der Waals surface area contributed by atoms with Crippen LogP contribution >= 0.6 is 0 Å². The average Bonchev–Trinajstić information content (AvgIpc) is 2.75. The molecule has 3 rings (SSSR count). The van der Waals surface area contributed by atoms with Crippen LogP contribution in [-0.2, 0) is 0 Å². The number of methoxy groups -OCH3 is 2. The first kappa shape index (κ1) is 18.8. The lowest BCUT2D eigenvalue weighted by Crippen LogP contribution is -2.18. The van der Waals surface area contributed by atoms with Gasteiger partial charge >= 0.3 is 0 Å². The summed E-state index contributed by atoms with van der Waals surface area (Å²) >= 11 is 0. The van der Waals surface area contributed by atoms with Gasteiger partial charge < -0.3 is 20.1 Å². The van der Waals surface area contributed by atoms with Crippen LogP contribution in [0.3, 0.4) is 0 Å². The van der Waals surface area contributed by atoms with Crippen LogP contribution in [0.4, 0.5) is 11.4 Å². The third-order valence-electron chi connectivity index (χ3n) is 3.62. The third-order valence-corrected chi connectivity index (χ3v) is 3.62. The highest BCUT2D eigenvalue weighted by atomic mass is 16.5. The molecule has 0 aliphatic rings. The van der Waals surface area contributed by atoms with Gasteiger partial charge in [-0.05, 0) is 24.3 Å². The Morgan fingerprint density at radius 1 is 0.750 bits per heavy atom. The smallest absolute Gasteiger partial charge is 0.274 e. The topological polar surface area (TPSA) is 115 Å². The molecule has 142 valence electrons. The summed E-state index contributed by atoms with van der Waals surface area (Å²) in [7, 11) is 3.01. The number of aromatic nitrogens is 3. The number of anilines is 2. The summed E-state index contributed by atoms with van der Waals surface area (Å²) in [6.45, 7) is 0. The van der Waals surface area contributed by atoms with Gasteiger partial charge in [-0.2, -0.15) is 0 Å². The van der Waals surface area contributed by atoms with E-state index >= 15 is 0 Å². The first-order valence-electron chi connectivity index (χ1n) is 8.19. The second kappa shape index (κ2) is 8.58. The number of rotatable bonds is 6. The lowest BCUT2D eigenvalue weighted by molar-refractivity contribution is 0.101. The highest BCUT2D eigenvalue weighted by Crippen LogP contribution is 2.14. The second-order valence-electron chi connectivity index (χ2n) is 5.49. The van der Waals surface area contributed by atoms with E-state index < -0.39 is 11.8 Å². The Bertz CT molecular complexity index is 898. The molecule has 9 heteroatoms. The van der Waals surface area contributed by atoms with Gasteiger partial charge in [-0.15, -0.1) is 0 Å². The maximum atomic E-state index is 12.4. The maximum absolute atomic E-state index is 12.4. The molecule has 0 bridgehead atoms. The predicted molar refractivity (Wildman–Crippen MR) is 102 cm³/mol. The average molecular weight is 379 g/mol. The number of hydrogen-bond acceptors (Lipinski definition) is 7.